The van der Waals surface area contributed by atoms with Gasteiger partial charge in [0.25, 0.3) is 0 Å². The van der Waals surface area contributed by atoms with E-state index in [4.69, 9.17) is 5.73 Å². The van der Waals surface area contributed by atoms with Crippen LogP contribution in [-0.4, -0.2) is 4.98 Å². The van der Waals surface area contributed by atoms with Crippen LogP contribution in [-0.2, 0) is 0 Å². The standard InChI is InChI=1S/C15H18N2/c16-14(9-8-11-6-7-11)12-3-1-5-15-13(12)4-2-10-17-15/h1-5,10-11,14H,6-9,16H2. The number of hydrogen-bond acceptors (Lipinski definition) is 2. The predicted octanol–water partition coefficient (Wildman–Crippen LogP) is 3.42. The second kappa shape index (κ2) is 4.46. The minimum absolute atomic E-state index is 0.156. The molecule has 2 N–H and O–H groups in total. The Hall–Kier alpha value is -1.41. The molecule has 1 saturated carbocycles. The fraction of sp³-hybridized carbons (Fsp3) is 0.400. The number of aromatic nitrogens is 1. The third kappa shape index (κ3) is 2.32. The summed E-state index contributed by atoms with van der Waals surface area (Å²) in [5.41, 5.74) is 8.60. The number of nitrogens with zero attached hydrogens (tertiary/aromatic N) is 1. The molecule has 1 heterocycles. The largest absolute Gasteiger partial charge is 0.324 e. The maximum atomic E-state index is 6.31. The van der Waals surface area contributed by atoms with Gasteiger partial charge in [-0.15, -0.1) is 0 Å². The average Bonchev–Trinajstić information content (AvgIpc) is 3.19. The highest BCUT2D eigenvalue weighted by molar-refractivity contribution is 5.82. The number of nitrogens with two attached hydrogens (primary N) is 1. The highest BCUT2D eigenvalue weighted by Gasteiger charge is 2.22. The summed E-state index contributed by atoms with van der Waals surface area (Å²) in [6, 6.07) is 10.5. The lowest BCUT2D eigenvalue weighted by Crippen LogP contribution is -2.11. The minimum Gasteiger partial charge on any atom is -0.324 e. The van der Waals surface area contributed by atoms with Crippen molar-refractivity contribution in [2.75, 3.05) is 0 Å². The van der Waals surface area contributed by atoms with Gasteiger partial charge in [0.1, 0.15) is 0 Å². The Balaban J connectivity index is 1.87. The fourth-order valence-electron chi connectivity index (χ4n) is 2.43. The van der Waals surface area contributed by atoms with Crippen molar-refractivity contribution in [3.05, 3.63) is 42.1 Å². The van der Waals surface area contributed by atoms with Crippen LogP contribution in [0.2, 0.25) is 0 Å². The van der Waals surface area contributed by atoms with Crippen LogP contribution in [0.3, 0.4) is 0 Å². The lowest BCUT2D eigenvalue weighted by atomic mass is 9.97. The summed E-state index contributed by atoms with van der Waals surface area (Å²) >= 11 is 0. The van der Waals surface area contributed by atoms with Gasteiger partial charge in [0.2, 0.25) is 0 Å². The number of hydrogen-bond donors (Lipinski definition) is 1. The van der Waals surface area contributed by atoms with E-state index in [0.717, 1.165) is 17.9 Å². The van der Waals surface area contributed by atoms with Crippen LogP contribution in [0.5, 0.6) is 0 Å². The molecule has 17 heavy (non-hydrogen) atoms. The Kier molecular flexibility index (Phi) is 2.81. The molecule has 0 spiro atoms. The summed E-state index contributed by atoms with van der Waals surface area (Å²) in [6.07, 6.45) is 7.02. The number of fused-ring (bicyclic) bond motifs is 1. The number of pyridine rings is 1. The Morgan fingerprint density at radius 2 is 2.12 bits per heavy atom. The van der Waals surface area contributed by atoms with E-state index >= 15 is 0 Å². The van der Waals surface area contributed by atoms with Crippen LogP contribution in [0.25, 0.3) is 10.9 Å². The van der Waals surface area contributed by atoms with Crippen LogP contribution in [0.15, 0.2) is 36.5 Å². The maximum absolute atomic E-state index is 6.31. The van der Waals surface area contributed by atoms with E-state index in [2.05, 4.69) is 23.2 Å². The summed E-state index contributed by atoms with van der Waals surface area (Å²) < 4.78 is 0. The average molecular weight is 226 g/mol. The van der Waals surface area contributed by atoms with Crippen LogP contribution in [0.1, 0.15) is 37.3 Å². The van der Waals surface area contributed by atoms with Gasteiger partial charge in [-0.1, -0.05) is 31.0 Å². The second-order valence-electron chi connectivity index (χ2n) is 5.04. The predicted molar refractivity (Wildman–Crippen MR) is 70.6 cm³/mol. The van der Waals surface area contributed by atoms with Gasteiger partial charge < -0.3 is 5.73 Å². The van der Waals surface area contributed by atoms with Gasteiger partial charge in [-0.2, -0.15) is 0 Å². The van der Waals surface area contributed by atoms with E-state index < -0.39 is 0 Å². The molecule has 3 rings (SSSR count). The molecule has 1 aromatic carbocycles. The molecule has 2 aromatic rings. The van der Waals surface area contributed by atoms with Crippen molar-refractivity contribution >= 4 is 10.9 Å². The summed E-state index contributed by atoms with van der Waals surface area (Å²) in [6.45, 7) is 0. The van der Waals surface area contributed by atoms with E-state index in [9.17, 15) is 0 Å². The first kappa shape index (κ1) is 10.7. The van der Waals surface area contributed by atoms with E-state index in [1.165, 1.54) is 30.2 Å². The third-order valence-corrected chi connectivity index (χ3v) is 3.66. The van der Waals surface area contributed by atoms with Gasteiger partial charge in [0.15, 0.2) is 0 Å². The zero-order chi connectivity index (χ0) is 11.7. The number of rotatable bonds is 4. The summed E-state index contributed by atoms with van der Waals surface area (Å²) in [7, 11) is 0. The molecule has 0 amide bonds. The molecule has 1 unspecified atom stereocenters. The second-order valence-corrected chi connectivity index (χ2v) is 5.04. The Bertz CT molecular complexity index is 512. The van der Waals surface area contributed by atoms with Gasteiger partial charge in [-0.05, 0) is 36.5 Å². The van der Waals surface area contributed by atoms with Crippen molar-refractivity contribution in [2.45, 2.75) is 31.7 Å². The van der Waals surface area contributed by atoms with Gasteiger partial charge in [0.05, 0.1) is 5.52 Å². The van der Waals surface area contributed by atoms with Gasteiger partial charge in [-0.25, -0.2) is 0 Å². The van der Waals surface area contributed by atoms with Crippen molar-refractivity contribution in [3.8, 4) is 0 Å². The Morgan fingerprint density at radius 1 is 1.24 bits per heavy atom. The molecule has 1 aromatic heterocycles. The highest BCUT2D eigenvalue weighted by Crippen LogP contribution is 2.36. The van der Waals surface area contributed by atoms with E-state index in [-0.39, 0.29) is 6.04 Å². The van der Waals surface area contributed by atoms with Crippen LogP contribution in [0.4, 0.5) is 0 Å². The summed E-state index contributed by atoms with van der Waals surface area (Å²) in [4.78, 5) is 4.38. The fourth-order valence-corrected chi connectivity index (χ4v) is 2.43. The van der Waals surface area contributed by atoms with E-state index in [1.54, 1.807) is 0 Å². The van der Waals surface area contributed by atoms with Gasteiger partial charge in [-0.3, -0.25) is 4.98 Å². The first-order valence-electron chi connectivity index (χ1n) is 6.44. The van der Waals surface area contributed by atoms with Crippen molar-refractivity contribution in [1.29, 1.82) is 0 Å². The first-order chi connectivity index (χ1) is 8.34. The Morgan fingerprint density at radius 3 is 2.94 bits per heavy atom. The van der Waals surface area contributed by atoms with Crippen LogP contribution in [0, 0.1) is 5.92 Å². The molecule has 88 valence electrons. The van der Waals surface area contributed by atoms with E-state index in [1.807, 2.05) is 18.3 Å². The molecule has 2 nitrogen and oxygen atoms in total. The van der Waals surface area contributed by atoms with Crippen molar-refractivity contribution in [3.63, 3.8) is 0 Å². The van der Waals surface area contributed by atoms with Crippen LogP contribution >= 0.6 is 0 Å². The molecule has 0 bridgehead atoms. The summed E-state index contributed by atoms with van der Waals surface area (Å²) in [5, 5.41) is 1.21. The van der Waals surface area contributed by atoms with Crippen molar-refractivity contribution in [1.82, 2.24) is 4.98 Å². The van der Waals surface area contributed by atoms with Gasteiger partial charge in [0, 0.05) is 17.6 Å². The maximum Gasteiger partial charge on any atom is 0.0705 e. The molecule has 0 saturated heterocycles. The normalized spacial score (nSPS) is 17.2. The molecular weight excluding hydrogens is 208 g/mol. The smallest absolute Gasteiger partial charge is 0.0705 e. The number of benzene rings is 1. The topological polar surface area (TPSA) is 38.9 Å². The lowest BCUT2D eigenvalue weighted by molar-refractivity contribution is 0.578. The molecule has 1 atom stereocenters. The quantitative estimate of drug-likeness (QED) is 0.867. The van der Waals surface area contributed by atoms with E-state index in [0.29, 0.717) is 0 Å². The summed E-state index contributed by atoms with van der Waals surface area (Å²) in [5.74, 6) is 0.953. The van der Waals surface area contributed by atoms with Crippen LogP contribution < -0.4 is 5.73 Å². The zero-order valence-corrected chi connectivity index (χ0v) is 9.97. The molecule has 1 fully saturated rings. The van der Waals surface area contributed by atoms with Gasteiger partial charge >= 0.3 is 0 Å². The molecule has 1 aliphatic carbocycles. The molecule has 0 aliphatic heterocycles. The lowest BCUT2D eigenvalue weighted by Gasteiger charge is -2.14. The Labute approximate surface area is 102 Å². The first-order valence-corrected chi connectivity index (χ1v) is 6.44. The molecule has 1 aliphatic rings. The zero-order valence-electron chi connectivity index (χ0n) is 9.97. The minimum atomic E-state index is 0.156. The SMILES string of the molecule is NC(CCC1CC1)c1cccc2ncccc12. The third-order valence-electron chi connectivity index (χ3n) is 3.66. The molecule has 0 radical (unpaired) electrons. The van der Waals surface area contributed by atoms with Crippen molar-refractivity contribution < 1.29 is 0 Å². The monoisotopic (exact) mass is 226 g/mol. The molecular formula is C15H18N2. The highest BCUT2D eigenvalue weighted by atomic mass is 14.7. The molecule has 2 heteroatoms. The van der Waals surface area contributed by atoms with Crippen molar-refractivity contribution in [2.24, 2.45) is 11.7 Å².